The van der Waals surface area contributed by atoms with Gasteiger partial charge in [-0.3, -0.25) is 10.1 Å². The Morgan fingerprint density at radius 1 is 1.53 bits per heavy atom. The largest absolute Gasteiger partial charge is 0.468 e. The van der Waals surface area contributed by atoms with Gasteiger partial charge in [0.1, 0.15) is 5.54 Å². The van der Waals surface area contributed by atoms with E-state index in [4.69, 9.17) is 4.74 Å². The molecule has 0 aliphatic heterocycles. The van der Waals surface area contributed by atoms with Gasteiger partial charge >= 0.3 is 5.97 Å². The molecule has 0 bridgehead atoms. The van der Waals surface area contributed by atoms with E-state index >= 15 is 0 Å². The molecule has 4 heteroatoms. The van der Waals surface area contributed by atoms with Crippen molar-refractivity contribution in [2.45, 2.75) is 32.4 Å². The monoisotopic (exact) mass is 299 g/mol. The van der Waals surface area contributed by atoms with Crippen molar-refractivity contribution in [2.75, 3.05) is 7.11 Å². The highest BCUT2D eigenvalue weighted by Crippen LogP contribution is 2.15. The van der Waals surface area contributed by atoms with Crippen molar-refractivity contribution in [3.8, 4) is 0 Å². The third kappa shape index (κ3) is 3.82. The minimum Gasteiger partial charge on any atom is -0.468 e. The van der Waals surface area contributed by atoms with Crippen molar-refractivity contribution in [2.24, 2.45) is 0 Å². The highest BCUT2D eigenvalue weighted by molar-refractivity contribution is 9.10. The van der Waals surface area contributed by atoms with Crippen molar-refractivity contribution in [3.05, 3.63) is 34.3 Å². The molecule has 1 unspecified atom stereocenters. The molecule has 1 aromatic carbocycles. The van der Waals surface area contributed by atoms with Crippen LogP contribution >= 0.6 is 15.9 Å². The van der Waals surface area contributed by atoms with Crippen LogP contribution in [0.2, 0.25) is 0 Å². The predicted octanol–water partition coefficient (Wildman–Crippen LogP) is 2.88. The van der Waals surface area contributed by atoms with E-state index in [-0.39, 0.29) is 5.97 Å². The number of ether oxygens (including phenoxy) is 1. The molecule has 0 saturated heterocycles. The topological polar surface area (TPSA) is 38.3 Å². The van der Waals surface area contributed by atoms with Crippen LogP contribution in [0, 0.1) is 0 Å². The fourth-order valence-corrected chi connectivity index (χ4v) is 1.96. The smallest absolute Gasteiger partial charge is 0.325 e. The molecule has 94 valence electrons. The summed E-state index contributed by atoms with van der Waals surface area (Å²) < 4.78 is 5.84. The molecule has 0 aromatic heterocycles. The van der Waals surface area contributed by atoms with Gasteiger partial charge in [0.05, 0.1) is 7.11 Å². The number of rotatable bonds is 5. The fourth-order valence-electron chi connectivity index (χ4n) is 1.51. The number of halogens is 1. The van der Waals surface area contributed by atoms with Gasteiger partial charge in [-0.2, -0.15) is 0 Å². The Bertz CT molecular complexity index is 395. The van der Waals surface area contributed by atoms with Gasteiger partial charge in [0.15, 0.2) is 0 Å². The van der Waals surface area contributed by atoms with Crippen LogP contribution in [0.25, 0.3) is 0 Å². The maximum Gasteiger partial charge on any atom is 0.325 e. The zero-order valence-electron chi connectivity index (χ0n) is 10.4. The summed E-state index contributed by atoms with van der Waals surface area (Å²) >= 11 is 3.42. The molecule has 3 nitrogen and oxygen atoms in total. The van der Waals surface area contributed by atoms with E-state index in [2.05, 4.69) is 21.2 Å². The van der Waals surface area contributed by atoms with E-state index in [0.717, 1.165) is 10.0 Å². The van der Waals surface area contributed by atoms with Gasteiger partial charge in [0, 0.05) is 11.0 Å². The van der Waals surface area contributed by atoms with Gasteiger partial charge in [-0.1, -0.05) is 35.0 Å². The van der Waals surface area contributed by atoms with E-state index in [9.17, 15) is 4.79 Å². The van der Waals surface area contributed by atoms with Crippen molar-refractivity contribution >= 4 is 21.9 Å². The third-order valence-corrected chi connectivity index (χ3v) is 3.41. The van der Waals surface area contributed by atoms with E-state index in [1.165, 1.54) is 7.11 Å². The standard InChI is InChI=1S/C13H18BrNO2/c1-4-13(2,12(16)17-3)15-9-10-6-5-7-11(14)8-10/h5-8,15H,4,9H2,1-3H3. The van der Waals surface area contributed by atoms with E-state index < -0.39 is 5.54 Å². The van der Waals surface area contributed by atoms with Crippen LogP contribution in [-0.4, -0.2) is 18.6 Å². The molecule has 0 aliphatic rings. The molecule has 0 amide bonds. The molecule has 0 spiro atoms. The summed E-state index contributed by atoms with van der Waals surface area (Å²) in [5.41, 5.74) is 0.500. The highest BCUT2D eigenvalue weighted by atomic mass is 79.9. The number of esters is 1. The van der Waals surface area contributed by atoms with Crippen molar-refractivity contribution in [3.63, 3.8) is 0 Å². The van der Waals surface area contributed by atoms with E-state index in [1.54, 1.807) is 0 Å². The van der Waals surface area contributed by atoms with Gasteiger partial charge < -0.3 is 4.74 Å². The lowest BCUT2D eigenvalue weighted by atomic mass is 9.98. The molecule has 1 N–H and O–H groups in total. The van der Waals surface area contributed by atoms with Crippen molar-refractivity contribution in [1.82, 2.24) is 5.32 Å². The molecule has 1 aromatic rings. The summed E-state index contributed by atoms with van der Waals surface area (Å²) in [5, 5.41) is 3.24. The number of hydrogen-bond donors (Lipinski definition) is 1. The molecule has 0 heterocycles. The third-order valence-electron chi connectivity index (χ3n) is 2.91. The summed E-state index contributed by atoms with van der Waals surface area (Å²) in [5.74, 6) is -0.227. The first-order valence-electron chi connectivity index (χ1n) is 5.59. The van der Waals surface area contributed by atoms with Crippen LogP contribution < -0.4 is 5.32 Å². The van der Waals surface area contributed by atoms with Gasteiger partial charge in [0.25, 0.3) is 0 Å². The Morgan fingerprint density at radius 2 is 2.24 bits per heavy atom. The number of hydrogen-bond acceptors (Lipinski definition) is 3. The second-order valence-electron chi connectivity index (χ2n) is 4.16. The summed E-state index contributed by atoms with van der Waals surface area (Å²) in [6.45, 7) is 4.46. The summed E-state index contributed by atoms with van der Waals surface area (Å²) in [6.07, 6.45) is 0.688. The fraction of sp³-hybridized carbons (Fsp3) is 0.462. The molecule has 1 atom stereocenters. The average molecular weight is 300 g/mol. The maximum absolute atomic E-state index is 11.7. The first-order valence-corrected chi connectivity index (χ1v) is 6.39. The molecular formula is C13H18BrNO2. The first kappa shape index (κ1) is 14.2. The van der Waals surface area contributed by atoms with Gasteiger partial charge in [0.2, 0.25) is 0 Å². The lowest BCUT2D eigenvalue weighted by molar-refractivity contribution is -0.148. The Kier molecular flexibility index (Phi) is 5.15. The Hall–Kier alpha value is -0.870. The first-order chi connectivity index (χ1) is 8.01. The van der Waals surface area contributed by atoms with E-state index in [1.807, 2.05) is 38.1 Å². The number of carbonyl (C=O) groups excluding carboxylic acids is 1. The molecule has 17 heavy (non-hydrogen) atoms. The quantitative estimate of drug-likeness (QED) is 0.850. The zero-order chi connectivity index (χ0) is 12.9. The van der Waals surface area contributed by atoms with Crippen LogP contribution in [0.1, 0.15) is 25.8 Å². The van der Waals surface area contributed by atoms with Crippen LogP contribution in [0.3, 0.4) is 0 Å². The van der Waals surface area contributed by atoms with Gasteiger partial charge in [-0.15, -0.1) is 0 Å². The van der Waals surface area contributed by atoms with Gasteiger partial charge in [-0.25, -0.2) is 0 Å². The Labute approximate surface area is 111 Å². The van der Waals surface area contributed by atoms with Crippen LogP contribution in [0.4, 0.5) is 0 Å². The van der Waals surface area contributed by atoms with Crippen molar-refractivity contribution in [1.29, 1.82) is 0 Å². The summed E-state index contributed by atoms with van der Waals surface area (Å²) in [6, 6.07) is 8.00. The van der Waals surface area contributed by atoms with Crippen LogP contribution in [-0.2, 0) is 16.1 Å². The minimum absolute atomic E-state index is 0.227. The highest BCUT2D eigenvalue weighted by Gasteiger charge is 2.31. The van der Waals surface area contributed by atoms with Crippen LogP contribution in [0.15, 0.2) is 28.7 Å². The number of carbonyl (C=O) groups is 1. The Balaban J connectivity index is 2.68. The number of benzene rings is 1. The average Bonchev–Trinajstić information content (AvgIpc) is 2.35. The molecular weight excluding hydrogens is 282 g/mol. The Morgan fingerprint density at radius 3 is 2.76 bits per heavy atom. The predicted molar refractivity (Wildman–Crippen MR) is 71.7 cm³/mol. The molecule has 0 saturated carbocycles. The normalized spacial score (nSPS) is 14.1. The number of methoxy groups -OCH3 is 1. The lowest BCUT2D eigenvalue weighted by Crippen LogP contribution is -2.49. The second kappa shape index (κ2) is 6.17. The molecule has 0 fully saturated rings. The second-order valence-corrected chi connectivity index (χ2v) is 5.08. The molecule has 0 radical (unpaired) electrons. The summed E-state index contributed by atoms with van der Waals surface area (Å²) in [7, 11) is 1.41. The number of nitrogens with one attached hydrogen (secondary N) is 1. The lowest BCUT2D eigenvalue weighted by Gasteiger charge is -2.26. The minimum atomic E-state index is -0.628. The zero-order valence-corrected chi connectivity index (χ0v) is 12.0. The molecule has 1 rings (SSSR count). The maximum atomic E-state index is 11.7. The molecule has 0 aliphatic carbocycles. The van der Waals surface area contributed by atoms with Gasteiger partial charge in [-0.05, 0) is 31.0 Å². The SMILES string of the molecule is CCC(C)(NCc1cccc(Br)c1)C(=O)OC. The van der Waals surface area contributed by atoms with Crippen LogP contribution in [0.5, 0.6) is 0 Å². The van der Waals surface area contributed by atoms with E-state index in [0.29, 0.717) is 13.0 Å². The summed E-state index contributed by atoms with van der Waals surface area (Å²) in [4.78, 5) is 11.7. The van der Waals surface area contributed by atoms with Crippen molar-refractivity contribution < 1.29 is 9.53 Å².